The molecule has 4 nitrogen and oxygen atoms in total. The van der Waals surface area contributed by atoms with E-state index < -0.39 is 0 Å². The van der Waals surface area contributed by atoms with E-state index in [9.17, 15) is 0 Å². The van der Waals surface area contributed by atoms with E-state index >= 15 is 0 Å². The van der Waals surface area contributed by atoms with Gasteiger partial charge in [0.15, 0.2) is 0 Å². The zero-order chi connectivity index (χ0) is 13.5. The van der Waals surface area contributed by atoms with Crippen molar-refractivity contribution in [3.8, 4) is 11.4 Å². The predicted molar refractivity (Wildman–Crippen MR) is 76.8 cm³/mol. The Morgan fingerprint density at radius 1 is 1.42 bits per heavy atom. The minimum atomic E-state index is -0.0809. The Balaban J connectivity index is 1.97. The van der Waals surface area contributed by atoms with Gasteiger partial charge in [-0.05, 0) is 37.5 Å². The quantitative estimate of drug-likeness (QED) is 0.942. The van der Waals surface area contributed by atoms with Gasteiger partial charge in [-0.2, -0.15) is 4.98 Å². The molecule has 0 unspecified atom stereocenters. The van der Waals surface area contributed by atoms with E-state index in [-0.39, 0.29) is 5.41 Å². The second-order valence-electron chi connectivity index (χ2n) is 5.24. The second-order valence-corrected chi connectivity index (χ2v) is 6.10. The number of aryl methyl sites for hydroxylation is 1. The third kappa shape index (κ3) is 2.11. The van der Waals surface area contributed by atoms with E-state index in [0.717, 1.165) is 22.9 Å². The SMILES string of the molecule is Cc1ccc(-c2noc(C3(CN)CCC3)n2)c(Br)c1. The molecule has 2 N–H and O–H groups in total. The number of benzene rings is 1. The summed E-state index contributed by atoms with van der Waals surface area (Å²) in [6.45, 7) is 2.62. The van der Waals surface area contributed by atoms with Gasteiger partial charge < -0.3 is 10.3 Å². The van der Waals surface area contributed by atoms with Crippen LogP contribution in [0, 0.1) is 6.92 Å². The van der Waals surface area contributed by atoms with Crippen molar-refractivity contribution in [2.24, 2.45) is 5.73 Å². The highest BCUT2D eigenvalue weighted by molar-refractivity contribution is 9.10. The number of hydrogen-bond donors (Lipinski definition) is 1. The Morgan fingerprint density at radius 3 is 2.79 bits per heavy atom. The van der Waals surface area contributed by atoms with Crippen LogP contribution in [0.2, 0.25) is 0 Å². The number of nitrogens with zero attached hydrogens (tertiary/aromatic N) is 2. The molecule has 0 bridgehead atoms. The van der Waals surface area contributed by atoms with Crippen LogP contribution < -0.4 is 5.73 Å². The van der Waals surface area contributed by atoms with E-state index in [2.05, 4.69) is 26.1 Å². The fraction of sp³-hybridized carbons (Fsp3) is 0.429. The average molecular weight is 322 g/mol. The van der Waals surface area contributed by atoms with Crippen LogP contribution in [0.1, 0.15) is 30.7 Å². The monoisotopic (exact) mass is 321 g/mol. The third-order valence-corrected chi connectivity index (χ3v) is 4.60. The molecule has 1 saturated carbocycles. The molecule has 0 aliphatic heterocycles. The number of halogens is 1. The van der Waals surface area contributed by atoms with Gasteiger partial charge in [0.05, 0.1) is 5.41 Å². The first-order chi connectivity index (χ1) is 9.14. The van der Waals surface area contributed by atoms with Gasteiger partial charge in [0.2, 0.25) is 11.7 Å². The molecule has 19 heavy (non-hydrogen) atoms. The lowest BCUT2D eigenvalue weighted by molar-refractivity contribution is 0.182. The summed E-state index contributed by atoms with van der Waals surface area (Å²) < 4.78 is 6.42. The summed E-state index contributed by atoms with van der Waals surface area (Å²) in [6.07, 6.45) is 3.27. The van der Waals surface area contributed by atoms with Crippen molar-refractivity contribution in [1.29, 1.82) is 0 Å². The molecule has 1 aliphatic rings. The number of hydrogen-bond acceptors (Lipinski definition) is 4. The van der Waals surface area contributed by atoms with Crippen LogP contribution in [0.25, 0.3) is 11.4 Å². The Kier molecular flexibility index (Phi) is 3.19. The lowest BCUT2D eigenvalue weighted by Gasteiger charge is -2.36. The zero-order valence-corrected chi connectivity index (χ0v) is 12.4. The fourth-order valence-corrected chi connectivity index (χ4v) is 3.13. The average Bonchev–Trinajstić information content (AvgIpc) is 2.78. The highest BCUT2D eigenvalue weighted by atomic mass is 79.9. The standard InChI is InChI=1S/C14H16BrN3O/c1-9-3-4-10(11(15)7-9)12-17-13(19-18-12)14(8-16)5-2-6-14/h3-4,7H,2,5-6,8,16H2,1H3. The lowest BCUT2D eigenvalue weighted by atomic mass is 9.69. The van der Waals surface area contributed by atoms with Crippen LogP contribution in [0.15, 0.2) is 27.2 Å². The summed E-state index contributed by atoms with van der Waals surface area (Å²) in [5.41, 5.74) is 7.92. The van der Waals surface area contributed by atoms with Crippen molar-refractivity contribution in [2.45, 2.75) is 31.6 Å². The number of rotatable bonds is 3. The molecule has 0 atom stereocenters. The van der Waals surface area contributed by atoms with Crippen LogP contribution in [0.3, 0.4) is 0 Å². The maximum atomic E-state index is 5.86. The fourth-order valence-electron chi connectivity index (χ4n) is 2.46. The molecular formula is C14H16BrN3O. The number of nitrogens with two attached hydrogens (primary N) is 1. The van der Waals surface area contributed by atoms with Crippen molar-refractivity contribution in [2.75, 3.05) is 6.54 Å². The number of aromatic nitrogens is 2. The molecule has 0 spiro atoms. The van der Waals surface area contributed by atoms with Crippen LogP contribution in [-0.2, 0) is 5.41 Å². The molecule has 100 valence electrons. The normalized spacial score (nSPS) is 17.2. The molecule has 0 saturated heterocycles. The molecule has 1 fully saturated rings. The summed E-state index contributed by atoms with van der Waals surface area (Å²) in [7, 11) is 0. The maximum absolute atomic E-state index is 5.86. The van der Waals surface area contributed by atoms with Gasteiger partial charge in [-0.25, -0.2) is 0 Å². The van der Waals surface area contributed by atoms with Gasteiger partial charge in [0.25, 0.3) is 0 Å². The van der Waals surface area contributed by atoms with Gasteiger partial charge >= 0.3 is 0 Å². The first kappa shape index (κ1) is 12.8. The van der Waals surface area contributed by atoms with Gasteiger partial charge in [0.1, 0.15) is 0 Å². The Bertz CT molecular complexity index is 599. The van der Waals surface area contributed by atoms with Crippen molar-refractivity contribution >= 4 is 15.9 Å². The minimum Gasteiger partial charge on any atom is -0.338 e. The van der Waals surface area contributed by atoms with Gasteiger partial charge in [-0.1, -0.05) is 33.6 Å². The van der Waals surface area contributed by atoms with Crippen molar-refractivity contribution in [1.82, 2.24) is 10.1 Å². The summed E-state index contributed by atoms with van der Waals surface area (Å²) in [5.74, 6) is 1.31. The second kappa shape index (κ2) is 4.72. The summed E-state index contributed by atoms with van der Waals surface area (Å²) in [4.78, 5) is 4.55. The molecule has 5 heteroatoms. The minimum absolute atomic E-state index is 0.0809. The van der Waals surface area contributed by atoms with Crippen molar-refractivity contribution in [3.05, 3.63) is 34.1 Å². The van der Waals surface area contributed by atoms with Crippen LogP contribution in [-0.4, -0.2) is 16.7 Å². The molecular weight excluding hydrogens is 306 g/mol. The highest BCUT2D eigenvalue weighted by Gasteiger charge is 2.42. The van der Waals surface area contributed by atoms with E-state index in [0.29, 0.717) is 18.3 Å². The van der Waals surface area contributed by atoms with Gasteiger partial charge in [-0.3, -0.25) is 0 Å². The summed E-state index contributed by atoms with van der Waals surface area (Å²) in [6, 6.07) is 6.09. The highest BCUT2D eigenvalue weighted by Crippen LogP contribution is 2.42. The van der Waals surface area contributed by atoms with E-state index in [1.807, 2.05) is 25.1 Å². The largest absolute Gasteiger partial charge is 0.338 e. The third-order valence-electron chi connectivity index (χ3n) is 3.95. The molecule has 0 radical (unpaired) electrons. The first-order valence-corrected chi connectivity index (χ1v) is 7.25. The van der Waals surface area contributed by atoms with Gasteiger partial charge in [0, 0.05) is 16.6 Å². The topological polar surface area (TPSA) is 64.9 Å². The molecule has 2 aromatic rings. The van der Waals surface area contributed by atoms with E-state index in [4.69, 9.17) is 10.3 Å². The summed E-state index contributed by atoms with van der Waals surface area (Å²) >= 11 is 3.55. The zero-order valence-electron chi connectivity index (χ0n) is 10.8. The van der Waals surface area contributed by atoms with E-state index in [1.165, 1.54) is 12.0 Å². The van der Waals surface area contributed by atoms with Gasteiger partial charge in [-0.15, -0.1) is 0 Å². The molecule has 1 aromatic carbocycles. The van der Waals surface area contributed by atoms with Crippen LogP contribution in [0.5, 0.6) is 0 Å². The smallest absolute Gasteiger partial charge is 0.234 e. The Morgan fingerprint density at radius 2 is 2.21 bits per heavy atom. The Labute approximate surface area is 120 Å². The maximum Gasteiger partial charge on any atom is 0.234 e. The lowest BCUT2D eigenvalue weighted by Crippen LogP contribution is -2.41. The van der Waals surface area contributed by atoms with Crippen LogP contribution in [0.4, 0.5) is 0 Å². The van der Waals surface area contributed by atoms with Crippen LogP contribution >= 0.6 is 15.9 Å². The Hall–Kier alpha value is -1.20. The van der Waals surface area contributed by atoms with Crippen molar-refractivity contribution in [3.63, 3.8) is 0 Å². The molecule has 1 heterocycles. The first-order valence-electron chi connectivity index (χ1n) is 6.45. The van der Waals surface area contributed by atoms with Crippen molar-refractivity contribution < 1.29 is 4.52 Å². The molecule has 3 rings (SSSR count). The summed E-state index contributed by atoms with van der Waals surface area (Å²) in [5, 5.41) is 4.10. The molecule has 1 aliphatic carbocycles. The molecule has 0 amide bonds. The molecule has 1 aromatic heterocycles. The predicted octanol–water partition coefficient (Wildman–Crippen LogP) is 3.19. The van der Waals surface area contributed by atoms with E-state index in [1.54, 1.807) is 0 Å².